The van der Waals surface area contributed by atoms with Crippen LogP contribution in [-0.4, -0.2) is 40.8 Å². The maximum absolute atomic E-state index is 13.2. The second kappa shape index (κ2) is 8.50. The van der Waals surface area contributed by atoms with E-state index >= 15 is 0 Å². The third-order valence-corrected chi connectivity index (χ3v) is 4.85. The molecule has 5 rings (SSSR count). The fraction of sp³-hybridized carbons (Fsp3) is 0.0455. The molecular formula is C22H15FN8O3. The van der Waals surface area contributed by atoms with Crippen molar-refractivity contribution in [3.63, 3.8) is 0 Å². The average Bonchev–Trinajstić information content (AvgIpc) is 3.23. The van der Waals surface area contributed by atoms with Gasteiger partial charge in [-0.3, -0.25) is 14.7 Å². The van der Waals surface area contributed by atoms with Gasteiger partial charge in [0.25, 0.3) is 11.5 Å². The molecule has 4 aromatic heterocycles. The number of aromatic amines is 1. The molecule has 0 saturated carbocycles. The van der Waals surface area contributed by atoms with Crippen molar-refractivity contribution in [1.29, 1.82) is 0 Å². The van der Waals surface area contributed by atoms with Crippen molar-refractivity contribution in [2.45, 2.75) is 6.92 Å². The molecule has 5 aromatic rings. The molecule has 0 aliphatic heterocycles. The maximum atomic E-state index is 13.2. The van der Waals surface area contributed by atoms with E-state index < -0.39 is 17.3 Å². The zero-order valence-electron chi connectivity index (χ0n) is 17.6. The van der Waals surface area contributed by atoms with Gasteiger partial charge in [-0.1, -0.05) is 0 Å². The second-order valence-corrected chi connectivity index (χ2v) is 7.09. The highest BCUT2D eigenvalue weighted by Gasteiger charge is 2.15. The minimum Gasteiger partial charge on any atom is -0.423 e. The lowest BCUT2D eigenvalue weighted by molar-refractivity contribution is 0.102. The summed E-state index contributed by atoms with van der Waals surface area (Å²) < 4.78 is 19.9. The zero-order valence-corrected chi connectivity index (χ0v) is 17.6. The molecule has 0 fully saturated rings. The van der Waals surface area contributed by atoms with E-state index in [1.54, 1.807) is 12.3 Å². The van der Waals surface area contributed by atoms with Crippen molar-refractivity contribution in [1.82, 2.24) is 34.9 Å². The van der Waals surface area contributed by atoms with Gasteiger partial charge in [-0.05, 0) is 37.3 Å². The third kappa shape index (κ3) is 3.95. The maximum Gasteiger partial charge on any atom is 0.322 e. The van der Waals surface area contributed by atoms with Gasteiger partial charge in [0.05, 0.1) is 34.8 Å². The quantitative estimate of drug-likeness (QED) is 0.410. The Hall–Kier alpha value is -5.00. The number of hydrogen-bond donors (Lipinski definition) is 2. The van der Waals surface area contributed by atoms with Gasteiger partial charge in [0.15, 0.2) is 5.65 Å². The van der Waals surface area contributed by atoms with Crippen molar-refractivity contribution in [2.24, 2.45) is 0 Å². The highest BCUT2D eigenvalue weighted by atomic mass is 19.1. The van der Waals surface area contributed by atoms with Crippen LogP contribution in [0, 0.1) is 12.7 Å². The summed E-state index contributed by atoms with van der Waals surface area (Å²) in [4.78, 5) is 37.8. The highest BCUT2D eigenvalue weighted by molar-refractivity contribution is 6.03. The number of nitrogens with zero attached hydrogens (tertiary/aromatic N) is 6. The largest absolute Gasteiger partial charge is 0.423 e. The standard InChI is InChI=1S/C22H15FN8O3/c1-12-18-17(7-8-24-19(18)30-29-12)34-22-25-10-14(11-26-22)28-20(32)16-6-9-27-31(21(16)33)15-4-2-13(23)3-5-15/h2-11H,1H3,(H,28,32)(H,24,29,30). The Morgan fingerprint density at radius 2 is 1.82 bits per heavy atom. The minimum atomic E-state index is -0.676. The monoisotopic (exact) mass is 458 g/mol. The normalized spacial score (nSPS) is 10.9. The number of rotatable bonds is 5. The summed E-state index contributed by atoms with van der Waals surface area (Å²) in [7, 11) is 0. The number of aryl methyl sites for hydroxylation is 1. The van der Waals surface area contributed by atoms with Crippen LogP contribution < -0.4 is 15.6 Å². The number of halogens is 1. The van der Waals surface area contributed by atoms with Crippen LogP contribution in [0.5, 0.6) is 11.8 Å². The molecule has 1 amide bonds. The number of fused-ring (bicyclic) bond motifs is 1. The smallest absolute Gasteiger partial charge is 0.322 e. The lowest BCUT2D eigenvalue weighted by Crippen LogP contribution is -2.29. The van der Waals surface area contributed by atoms with Crippen molar-refractivity contribution in [3.05, 3.63) is 88.6 Å². The van der Waals surface area contributed by atoms with Crippen LogP contribution in [0.3, 0.4) is 0 Å². The van der Waals surface area contributed by atoms with E-state index in [9.17, 15) is 14.0 Å². The SMILES string of the molecule is Cc1n[nH]c2nccc(Oc3ncc(NC(=O)c4ccnn(-c5ccc(F)cc5)c4=O)cn3)c12. The van der Waals surface area contributed by atoms with Gasteiger partial charge in [0, 0.05) is 18.5 Å². The van der Waals surface area contributed by atoms with Crippen LogP contribution in [-0.2, 0) is 0 Å². The summed E-state index contributed by atoms with van der Waals surface area (Å²) in [6.07, 6.45) is 5.57. The molecule has 34 heavy (non-hydrogen) atoms. The molecular weight excluding hydrogens is 443 g/mol. The van der Waals surface area contributed by atoms with Gasteiger partial charge < -0.3 is 10.1 Å². The van der Waals surface area contributed by atoms with E-state index in [1.165, 1.54) is 48.9 Å². The zero-order chi connectivity index (χ0) is 23.7. The number of nitrogens with one attached hydrogen (secondary N) is 2. The van der Waals surface area contributed by atoms with Crippen molar-refractivity contribution in [3.8, 4) is 17.4 Å². The number of carbonyl (C=O) groups excluding carboxylic acids is 1. The molecule has 0 radical (unpaired) electrons. The van der Waals surface area contributed by atoms with Crippen LogP contribution in [0.2, 0.25) is 0 Å². The molecule has 0 saturated heterocycles. The lowest BCUT2D eigenvalue weighted by atomic mass is 10.2. The van der Waals surface area contributed by atoms with E-state index in [1.807, 2.05) is 6.92 Å². The summed E-state index contributed by atoms with van der Waals surface area (Å²) >= 11 is 0. The van der Waals surface area contributed by atoms with Gasteiger partial charge in [0.2, 0.25) is 0 Å². The molecule has 0 bridgehead atoms. The van der Waals surface area contributed by atoms with Gasteiger partial charge >= 0.3 is 6.01 Å². The molecule has 0 aliphatic carbocycles. The summed E-state index contributed by atoms with van der Waals surface area (Å²) in [5.41, 5.74) is 1.04. The number of ether oxygens (including phenoxy) is 1. The van der Waals surface area contributed by atoms with Crippen LogP contribution in [0.25, 0.3) is 16.7 Å². The summed E-state index contributed by atoms with van der Waals surface area (Å²) in [6.45, 7) is 1.82. The first kappa shape index (κ1) is 20.9. The van der Waals surface area contributed by atoms with Gasteiger partial charge in [0.1, 0.15) is 17.1 Å². The van der Waals surface area contributed by atoms with E-state index in [0.29, 0.717) is 28.2 Å². The van der Waals surface area contributed by atoms with Crippen LogP contribution >= 0.6 is 0 Å². The van der Waals surface area contributed by atoms with Crippen molar-refractivity contribution >= 4 is 22.6 Å². The third-order valence-electron chi connectivity index (χ3n) is 4.85. The number of aromatic nitrogens is 7. The van der Waals surface area contributed by atoms with E-state index in [4.69, 9.17) is 4.74 Å². The number of carbonyl (C=O) groups is 1. The topological polar surface area (TPSA) is 141 Å². The van der Waals surface area contributed by atoms with Crippen molar-refractivity contribution < 1.29 is 13.9 Å². The number of amides is 1. The molecule has 0 spiro atoms. The summed E-state index contributed by atoms with van der Waals surface area (Å²) in [5.74, 6) is -0.650. The predicted molar refractivity (Wildman–Crippen MR) is 118 cm³/mol. The Morgan fingerprint density at radius 1 is 1.06 bits per heavy atom. The Labute approximate surface area is 190 Å². The van der Waals surface area contributed by atoms with Gasteiger partial charge in [-0.15, -0.1) is 0 Å². The second-order valence-electron chi connectivity index (χ2n) is 7.09. The van der Waals surface area contributed by atoms with Crippen LogP contribution in [0.4, 0.5) is 10.1 Å². The first-order valence-electron chi connectivity index (χ1n) is 9.95. The molecule has 168 valence electrons. The Balaban J connectivity index is 1.34. The fourth-order valence-corrected chi connectivity index (χ4v) is 3.24. The first-order valence-corrected chi connectivity index (χ1v) is 9.95. The van der Waals surface area contributed by atoms with E-state index in [2.05, 4.69) is 35.6 Å². The number of H-pyrrole nitrogens is 1. The summed E-state index contributed by atoms with van der Waals surface area (Å²) in [6, 6.07) is 8.18. The number of anilines is 1. The molecule has 0 atom stereocenters. The highest BCUT2D eigenvalue weighted by Crippen LogP contribution is 2.28. The molecule has 0 unspecified atom stereocenters. The Morgan fingerprint density at radius 3 is 2.59 bits per heavy atom. The Bertz CT molecular complexity index is 1560. The molecule has 4 heterocycles. The lowest BCUT2D eigenvalue weighted by Gasteiger charge is -2.08. The van der Waals surface area contributed by atoms with E-state index in [0.717, 1.165) is 4.68 Å². The van der Waals surface area contributed by atoms with Crippen molar-refractivity contribution in [2.75, 3.05) is 5.32 Å². The fourth-order valence-electron chi connectivity index (χ4n) is 3.24. The number of hydrogen-bond acceptors (Lipinski definition) is 8. The molecule has 11 nitrogen and oxygen atoms in total. The average molecular weight is 458 g/mol. The molecule has 2 N–H and O–H groups in total. The van der Waals surface area contributed by atoms with Gasteiger partial charge in [-0.25, -0.2) is 19.3 Å². The first-order chi connectivity index (χ1) is 16.5. The molecule has 0 aliphatic rings. The number of benzene rings is 1. The molecule has 12 heteroatoms. The van der Waals surface area contributed by atoms with Crippen LogP contribution in [0.1, 0.15) is 16.1 Å². The predicted octanol–water partition coefficient (Wildman–Crippen LogP) is 2.79. The summed E-state index contributed by atoms with van der Waals surface area (Å²) in [5, 5.41) is 14.1. The van der Waals surface area contributed by atoms with Gasteiger partial charge in [-0.2, -0.15) is 14.9 Å². The molecule has 1 aromatic carbocycles. The number of pyridine rings is 1. The van der Waals surface area contributed by atoms with E-state index in [-0.39, 0.29) is 17.3 Å². The minimum absolute atomic E-state index is 0.0497. The Kier molecular flexibility index (Phi) is 5.22. The van der Waals surface area contributed by atoms with Crippen LogP contribution in [0.15, 0.2) is 66.0 Å².